The molecule has 2 aliphatic heterocycles. The van der Waals surface area contributed by atoms with E-state index in [2.05, 4.69) is 15.2 Å². The highest BCUT2D eigenvalue weighted by Crippen LogP contribution is 2.37. The van der Waals surface area contributed by atoms with Gasteiger partial charge in [-0.3, -0.25) is 4.98 Å². The minimum Gasteiger partial charge on any atom is -0.486 e. The van der Waals surface area contributed by atoms with Gasteiger partial charge in [0.2, 0.25) is 0 Å². The number of hydrogen-bond acceptors (Lipinski definition) is 5. The van der Waals surface area contributed by atoms with Crippen LogP contribution >= 0.6 is 11.6 Å². The highest BCUT2D eigenvalue weighted by molar-refractivity contribution is 6.33. The first-order chi connectivity index (χ1) is 12.7. The van der Waals surface area contributed by atoms with Crippen LogP contribution in [0, 0.1) is 0 Å². The van der Waals surface area contributed by atoms with Crippen molar-refractivity contribution in [2.75, 3.05) is 49.6 Å². The van der Waals surface area contributed by atoms with Gasteiger partial charge in [-0.05, 0) is 18.2 Å². The molecule has 26 heavy (non-hydrogen) atoms. The van der Waals surface area contributed by atoms with Crippen LogP contribution in [-0.2, 0) is 0 Å². The summed E-state index contributed by atoms with van der Waals surface area (Å²) in [7, 11) is 0. The van der Waals surface area contributed by atoms with E-state index in [-0.39, 0.29) is 6.03 Å². The Morgan fingerprint density at radius 2 is 1.92 bits per heavy atom. The summed E-state index contributed by atoms with van der Waals surface area (Å²) in [4.78, 5) is 20.6. The normalized spacial score (nSPS) is 16.3. The van der Waals surface area contributed by atoms with Crippen LogP contribution in [0.25, 0.3) is 0 Å². The molecule has 4 rings (SSSR count). The van der Waals surface area contributed by atoms with Gasteiger partial charge in [0.1, 0.15) is 13.2 Å². The second-order valence-corrected chi connectivity index (χ2v) is 6.47. The number of rotatable bonds is 2. The molecule has 0 aliphatic carbocycles. The summed E-state index contributed by atoms with van der Waals surface area (Å²) in [6.45, 7) is 3.64. The third-order valence-corrected chi connectivity index (χ3v) is 4.76. The van der Waals surface area contributed by atoms with Crippen LogP contribution in [0.15, 0.2) is 36.7 Å². The lowest BCUT2D eigenvalue weighted by atomic mass is 10.2. The second kappa shape index (κ2) is 7.29. The molecule has 1 aromatic carbocycles. The summed E-state index contributed by atoms with van der Waals surface area (Å²) in [6.07, 6.45) is 3.36. The Hall–Kier alpha value is -2.67. The first kappa shape index (κ1) is 16.8. The monoisotopic (exact) mass is 374 g/mol. The number of fused-ring (bicyclic) bond motifs is 1. The molecule has 0 bridgehead atoms. The molecule has 2 amide bonds. The molecule has 8 heteroatoms. The maximum atomic E-state index is 12.6. The van der Waals surface area contributed by atoms with E-state index in [1.807, 2.05) is 24.3 Å². The molecule has 0 spiro atoms. The maximum absolute atomic E-state index is 12.6. The van der Waals surface area contributed by atoms with Crippen LogP contribution in [0.3, 0.4) is 0 Å². The van der Waals surface area contributed by atoms with Gasteiger partial charge in [0.15, 0.2) is 11.5 Å². The lowest BCUT2D eigenvalue weighted by Crippen LogP contribution is -2.50. The van der Waals surface area contributed by atoms with Gasteiger partial charge < -0.3 is 24.6 Å². The summed E-state index contributed by atoms with van der Waals surface area (Å²) >= 11 is 6.21. The average Bonchev–Trinajstić information content (AvgIpc) is 2.69. The zero-order valence-electron chi connectivity index (χ0n) is 14.2. The molecule has 0 saturated carbocycles. The highest BCUT2D eigenvalue weighted by atomic mass is 35.5. The lowest BCUT2D eigenvalue weighted by molar-refractivity contribution is 0.172. The first-order valence-electron chi connectivity index (χ1n) is 8.51. The molecule has 1 aromatic heterocycles. The van der Waals surface area contributed by atoms with Crippen molar-refractivity contribution in [2.24, 2.45) is 0 Å². The zero-order valence-corrected chi connectivity index (χ0v) is 14.9. The number of amides is 2. The topological polar surface area (TPSA) is 66.9 Å². The standard InChI is InChI=1S/C18H19ClN4O3/c19-13-12-20-5-4-15(13)22-6-8-23(9-7-22)18(24)21-14-2-1-3-16-17(14)26-11-10-25-16/h1-5,12H,6-11H2,(H,21,24). The fraction of sp³-hybridized carbons (Fsp3) is 0.333. The predicted molar refractivity (Wildman–Crippen MR) is 99.5 cm³/mol. The van der Waals surface area contributed by atoms with Crippen LogP contribution in [0.4, 0.5) is 16.2 Å². The van der Waals surface area contributed by atoms with E-state index in [0.717, 1.165) is 5.69 Å². The molecule has 7 nitrogen and oxygen atoms in total. The molecule has 0 atom stereocenters. The number of urea groups is 1. The van der Waals surface area contributed by atoms with Gasteiger partial charge in [0.25, 0.3) is 0 Å². The Bertz CT molecular complexity index is 809. The van der Waals surface area contributed by atoms with Gasteiger partial charge >= 0.3 is 6.03 Å². The Labute approximate surface area is 156 Å². The highest BCUT2D eigenvalue weighted by Gasteiger charge is 2.24. The quantitative estimate of drug-likeness (QED) is 0.875. The summed E-state index contributed by atoms with van der Waals surface area (Å²) < 4.78 is 11.2. The van der Waals surface area contributed by atoms with Gasteiger partial charge in [-0.1, -0.05) is 17.7 Å². The number of piperazine rings is 1. The van der Waals surface area contributed by atoms with Crippen LogP contribution in [0.1, 0.15) is 0 Å². The minimum absolute atomic E-state index is 0.145. The summed E-state index contributed by atoms with van der Waals surface area (Å²) in [5, 5.41) is 3.56. The number of hydrogen-bond donors (Lipinski definition) is 1. The minimum atomic E-state index is -0.145. The van der Waals surface area contributed by atoms with Crippen molar-refractivity contribution in [3.8, 4) is 11.5 Å². The van der Waals surface area contributed by atoms with Crippen molar-refractivity contribution in [1.82, 2.24) is 9.88 Å². The Balaban J connectivity index is 1.39. The number of pyridine rings is 1. The van der Waals surface area contributed by atoms with E-state index in [0.29, 0.717) is 61.6 Å². The number of benzene rings is 1. The van der Waals surface area contributed by atoms with Crippen LogP contribution in [0.5, 0.6) is 11.5 Å². The maximum Gasteiger partial charge on any atom is 0.322 e. The van der Waals surface area contributed by atoms with Crippen LogP contribution in [-0.4, -0.2) is 55.3 Å². The smallest absolute Gasteiger partial charge is 0.322 e. The number of nitrogens with one attached hydrogen (secondary N) is 1. The number of carbonyl (C=O) groups excluding carboxylic acids is 1. The van der Waals surface area contributed by atoms with E-state index in [9.17, 15) is 4.79 Å². The van der Waals surface area contributed by atoms with Crippen molar-refractivity contribution in [3.05, 3.63) is 41.7 Å². The van der Waals surface area contributed by atoms with E-state index < -0.39 is 0 Å². The lowest BCUT2D eigenvalue weighted by Gasteiger charge is -2.36. The van der Waals surface area contributed by atoms with Gasteiger partial charge in [0.05, 0.1) is 16.4 Å². The third-order valence-electron chi connectivity index (χ3n) is 4.47. The Morgan fingerprint density at radius 1 is 1.12 bits per heavy atom. The van der Waals surface area contributed by atoms with Gasteiger partial charge in [-0.2, -0.15) is 0 Å². The average molecular weight is 375 g/mol. The molecule has 1 saturated heterocycles. The molecule has 3 heterocycles. The van der Waals surface area contributed by atoms with Gasteiger partial charge in [0, 0.05) is 38.6 Å². The van der Waals surface area contributed by atoms with E-state index >= 15 is 0 Å². The SMILES string of the molecule is O=C(Nc1cccc2c1OCCO2)N1CCN(c2ccncc2Cl)CC1. The zero-order chi connectivity index (χ0) is 17.9. The number of nitrogens with zero attached hydrogens (tertiary/aromatic N) is 3. The first-order valence-corrected chi connectivity index (χ1v) is 8.89. The number of para-hydroxylation sites is 1. The molecular formula is C18H19ClN4O3. The summed E-state index contributed by atoms with van der Waals surface area (Å²) in [5.74, 6) is 1.25. The van der Waals surface area contributed by atoms with Crippen LogP contribution < -0.4 is 19.7 Å². The van der Waals surface area contributed by atoms with Crippen LogP contribution in [0.2, 0.25) is 5.02 Å². The molecule has 1 N–H and O–H groups in total. The third kappa shape index (κ3) is 3.35. The van der Waals surface area contributed by atoms with E-state index in [1.165, 1.54) is 0 Å². The molecular weight excluding hydrogens is 356 g/mol. The second-order valence-electron chi connectivity index (χ2n) is 6.06. The van der Waals surface area contributed by atoms with Crippen molar-refractivity contribution in [1.29, 1.82) is 0 Å². The number of anilines is 2. The Morgan fingerprint density at radius 3 is 2.73 bits per heavy atom. The predicted octanol–water partition coefficient (Wildman–Crippen LogP) is 2.86. The van der Waals surface area contributed by atoms with Gasteiger partial charge in [-0.25, -0.2) is 4.79 Å². The number of halogens is 1. The largest absolute Gasteiger partial charge is 0.486 e. The number of ether oxygens (including phenoxy) is 2. The molecule has 2 aliphatic rings. The van der Waals surface area contributed by atoms with Gasteiger partial charge in [-0.15, -0.1) is 0 Å². The fourth-order valence-electron chi connectivity index (χ4n) is 3.14. The van der Waals surface area contributed by atoms with E-state index in [4.69, 9.17) is 21.1 Å². The Kier molecular flexibility index (Phi) is 4.71. The van der Waals surface area contributed by atoms with E-state index in [1.54, 1.807) is 17.3 Å². The number of carbonyl (C=O) groups is 1. The molecule has 1 fully saturated rings. The molecule has 136 valence electrons. The summed E-state index contributed by atoms with van der Waals surface area (Å²) in [5.41, 5.74) is 1.58. The molecule has 0 radical (unpaired) electrons. The summed E-state index contributed by atoms with van der Waals surface area (Å²) in [6, 6.07) is 7.24. The van der Waals surface area contributed by atoms with Crippen molar-refractivity contribution in [2.45, 2.75) is 0 Å². The molecule has 2 aromatic rings. The fourth-order valence-corrected chi connectivity index (χ4v) is 3.38. The van der Waals surface area contributed by atoms with Crippen molar-refractivity contribution < 1.29 is 14.3 Å². The van der Waals surface area contributed by atoms with Crippen molar-refractivity contribution >= 4 is 29.0 Å². The van der Waals surface area contributed by atoms with Crippen molar-refractivity contribution in [3.63, 3.8) is 0 Å². The number of aromatic nitrogens is 1. The molecule has 0 unspecified atom stereocenters.